The van der Waals surface area contributed by atoms with Crippen molar-refractivity contribution >= 4 is 11.4 Å². The zero-order chi connectivity index (χ0) is 18.2. The summed E-state index contributed by atoms with van der Waals surface area (Å²) >= 11 is 0. The van der Waals surface area contributed by atoms with Gasteiger partial charge in [0.1, 0.15) is 0 Å². The summed E-state index contributed by atoms with van der Waals surface area (Å²) in [7, 11) is 0. The molecule has 27 heavy (non-hydrogen) atoms. The van der Waals surface area contributed by atoms with Gasteiger partial charge in [0.15, 0.2) is 0 Å². The van der Waals surface area contributed by atoms with Crippen molar-refractivity contribution in [2.75, 3.05) is 0 Å². The van der Waals surface area contributed by atoms with Crippen LogP contribution in [-0.2, 0) is 25.0 Å². The standard InChI is InChI=1S/C20H17N3.C3H6.V/c1-2-6-16(7-3-1)20-18-9-5-4-8-17(18)19(22-23-20)14-15-10-12-21-13-11-15;1-3-2;/h1-13,22-23H,14H2;3H,1H2,2H3;. The molecule has 1 aliphatic rings. The summed E-state index contributed by atoms with van der Waals surface area (Å²) in [6.45, 7) is 5.25. The fourth-order valence-electron chi connectivity index (χ4n) is 2.91. The molecule has 3 aromatic rings. The minimum Gasteiger partial charge on any atom is -0.304 e. The number of pyridine rings is 1. The van der Waals surface area contributed by atoms with Crippen LogP contribution in [0, 0.1) is 0 Å². The number of aromatic nitrogens is 1. The van der Waals surface area contributed by atoms with E-state index in [9.17, 15) is 0 Å². The van der Waals surface area contributed by atoms with Gasteiger partial charge in [0.25, 0.3) is 0 Å². The summed E-state index contributed by atoms with van der Waals surface area (Å²) in [5.41, 5.74) is 11.5. The number of nitrogens with zero attached hydrogens (tertiary/aromatic N) is 1. The molecule has 1 radical (unpaired) electrons. The molecule has 2 aromatic carbocycles. The van der Waals surface area contributed by atoms with Crippen molar-refractivity contribution in [2.45, 2.75) is 13.3 Å². The minimum atomic E-state index is 0. The second kappa shape index (κ2) is 10.4. The quantitative estimate of drug-likeness (QED) is 0.673. The molecule has 4 heteroatoms. The summed E-state index contributed by atoms with van der Waals surface area (Å²) in [5.74, 6) is 0. The number of benzene rings is 2. The van der Waals surface area contributed by atoms with Gasteiger partial charge in [-0.2, -0.15) is 0 Å². The number of fused-ring (bicyclic) bond motifs is 1. The van der Waals surface area contributed by atoms with Gasteiger partial charge in [0, 0.05) is 59.1 Å². The Hall–Kier alpha value is -2.75. The molecule has 1 aromatic heterocycles. The van der Waals surface area contributed by atoms with Crippen molar-refractivity contribution in [2.24, 2.45) is 0 Å². The first-order chi connectivity index (χ1) is 12.8. The third-order valence-corrected chi connectivity index (χ3v) is 4.05. The molecule has 1 aliphatic heterocycles. The van der Waals surface area contributed by atoms with Crippen LogP contribution < -0.4 is 21.3 Å². The van der Waals surface area contributed by atoms with E-state index in [1.807, 2.05) is 37.5 Å². The third-order valence-electron chi connectivity index (χ3n) is 4.05. The number of allylic oxidation sites excluding steroid dienone is 1. The number of nitrogens with one attached hydrogen (secondary N) is 2. The molecule has 2 N–H and O–H groups in total. The Morgan fingerprint density at radius 2 is 1.44 bits per heavy atom. The van der Waals surface area contributed by atoms with Gasteiger partial charge in [-0.05, 0) is 24.6 Å². The van der Waals surface area contributed by atoms with Gasteiger partial charge in [0.05, 0.1) is 5.70 Å². The van der Waals surface area contributed by atoms with E-state index in [1.165, 1.54) is 27.3 Å². The van der Waals surface area contributed by atoms with Crippen molar-refractivity contribution in [1.82, 2.24) is 15.8 Å². The maximum Gasteiger partial charge on any atom is 0.0691 e. The summed E-state index contributed by atoms with van der Waals surface area (Å²) in [5, 5.41) is 2.46. The van der Waals surface area contributed by atoms with Crippen molar-refractivity contribution in [3.8, 4) is 0 Å². The van der Waals surface area contributed by atoms with Gasteiger partial charge in [0.2, 0.25) is 0 Å². The van der Waals surface area contributed by atoms with Gasteiger partial charge in [-0.25, -0.2) is 0 Å². The van der Waals surface area contributed by atoms with Gasteiger partial charge in [-0.1, -0.05) is 60.7 Å². The first kappa shape index (κ1) is 20.6. The van der Waals surface area contributed by atoms with E-state index in [0.29, 0.717) is 0 Å². The van der Waals surface area contributed by atoms with Crippen molar-refractivity contribution in [3.05, 3.63) is 113 Å². The molecular weight excluding hydrogens is 369 g/mol. The van der Waals surface area contributed by atoms with E-state index in [4.69, 9.17) is 0 Å². The van der Waals surface area contributed by atoms with E-state index in [1.54, 1.807) is 6.08 Å². The van der Waals surface area contributed by atoms with Crippen molar-refractivity contribution in [1.29, 1.82) is 0 Å². The summed E-state index contributed by atoms with van der Waals surface area (Å²) < 4.78 is 0. The van der Waals surface area contributed by atoms with Gasteiger partial charge in [-0.3, -0.25) is 10.4 Å². The Bertz CT molecular complexity index is 983. The van der Waals surface area contributed by atoms with Crippen LogP contribution in [0.2, 0.25) is 0 Å². The molecule has 3 nitrogen and oxygen atoms in total. The van der Waals surface area contributed by atoms with Crippen LogP contribution in [0.15, 0.2) is 91.8 Å². The molecule has 0 amide bonds. The Morgan fingerprint density at radius 1 is 0.852 bits per heavy atom. The predicted molar refractivity (Wildman–Crippen MR) is 108 cm³/mol. The van der Waals surface area contributed by atoms with Crippen molar-refractivity contribution < 1.29 is 18.6 Å². The predicted octanol–water partition coefficient (Wildman–Crippen LogP) is 2.89. The number of hydrogen-bond acceptors (Lipinski definition) is 3. The fourth-order valence-corrected chi connectivity index (χ4v) is 2.91. The summed E-state index contributed by atoms with van der Waals surface area (Å²) in [6.07, 6.45) is 6.26. The molecular formula is C23H23N3V. The Morgan fingerprint density at radius 3 is 2.11 bits per heavy atom. The molecule has 0 saturated heterocycles. The Balaban J connectivity index is 0.000000614. The van der Waals surface area contributed by atoms with Crippen LogP contribution in [-0.4, -0.2) is 4.98 Å². The zero-order valence-electron chi connectivity index (χ0n) is 15.4. The van der Waals surface area contributed by atoms with Crippen LogP contribution in [0.1, 0.15) is 18.1 Å². The topological polar surface area (TPSA) is 37.0 Å². The van der Waals surface area contributed by atoms with Crippen LogP contribution in [0.5, 0.6) is 0 Å². The maximum absolute atomic E-state index is 4.09. The minimum absolute atomic E-state index is 0. The van der Waals surface area contributed by atoms with Crippen LogP contribution in [0.4, 0.5) is 0 Å². The zero-order valence-corrected chi connectivity index (χ0v) is 16.8. The molecule has 135 valence electrons. The molecule has 0 aliphatic carbocycles. The molecule has 0 spiro atoms. The molecule has 0 unspecified atom stereocenters. The summed E-state index contributed by atoms with van der Waals surface area (Å²) in [6, 6.07) is 23.0. The Labute approximate surface area is 172 Å². The van der Waals surface area contributed by atoms with E-state index in [0.717, 1.165) is 12.1 Å². The van der Waals surface area contributed by atoms with Crippen LogP contribution in [0.25, 0.3) is 11.4 Å². The molecule has 0 bridgehead atoms. The molecule has 2 heterocycles. The second-order valence-electron chi connectivity index (χ2n) is 5.96. The number of hydrogen-bond donors (Lipinski definition) is 2. The van der Waals surface area contributed by atoms with E-state index in [-0.39, 0.29) is 18.6 Å². The maximum atomic E-state index is 4.09. The molecule has 4 rings (SSSR count). The Kier molecular flexibility index (Phi) is 7.93. The molecule has 0 atom stereocenters. The molecule has 0 fully saturated rings. The molecule has 0 saturated carbocycles. The average molecular weight is 392 g/mol. The van der Waals surface area contributed by atoms with Crippen LogP contribution >= 0.6 is 0 Å². The third kappa shape index (κ3) is 5.13. The number of rotatable bonds is 3. The van der Waals surface area contributed by atoms with Gasteiger partial charge < -0.3 is 5.43 Å². The average Bonchev–Trinajstić information content (AvgIpc) is 2.70. The van der Waals surface area contributed by atoms with Crippen molar-refractivity contribution in [3.63, 3.8) is 0 Å². The van der Waals surface area contributed by atoms with E-state index >= 15 is 0 Å². The SMILES string of the molecule is C=CC.[V].c1ccc(C2=c3ccccc3=C(Cc3ccncc3)NN2)cc1. The first-order valence-electron chi connectivity index (χ1n) is 8.69. The van der Waals surface area contributed by atoms with E-state index in [2.05, 4.69) is 70.9 Å². The smallest absolute Gasteiger partial charge is 0.0691 e. The van der Waals surface area contributed by atoms with Crippen LogP contribution in [0.3, 0.4) is 0 Å². The van der Waals surface area contributed by atoms with E-state index < -0.39 is 0 Å². The summed E-state index contributed by atoms with van der Waals surface area (Å²) in [4.78, 5) is 4.09. The second-order valence-corrected chi connectivity index (χ2v) is 5.96. The van der Waals surface area contributed by atoms with Gasteiger partial charge in [-0.15, -0.1) is 6.58 Å². The number of hydrazine groups is 1. The fraction of sp³-hybridized carbons (Fsp3) is 0.0870. The normalized spacial score (nSPS) is 11.6. The van der Waals surface area contributed by atoms with Gasteiger partial charge >= 0.3 is 0 Å². The first-order valence-corrected chi connectivity index (χ1v) is 8.69. The largest absolute Gasteiger partial charge is 0.304 e. The monoisotopic (exact) mass is 392 g/mol.